The van der Waals surface area contributed by atoms with E-state index < -0.39 is 0 Å². The molecule has 0 amide bonds. The summed E-state index contributed by atoms with van der Waals surface area (Å²) in [6, 6.07) is 8.43. The Labute approximate surface area is 97.3 Å². The van der Waals surface area contributed by atoms with Crippen LogP contribution in [-0.2, 0) is 0 Å². The molecule has 1 N–H and O–H groups in total. The van der Waals surface area contributed by atoms with E-state index in [2.05, 4.69) is 61.3 Å². The van der Waals surface area contributed by atoms with Crippen LogP contribution in [0.15, 0.2) is 36.7 Å². The zero-order chi connectivity index (χ0) is 11.4. The number of hydrogen-bond acceptors (Lipinski definition) is 3. The quantitative estimate of drug-likeness (QED) is 0.834. The van der Waals surface area contributed by atoms with Crippen LogP contribution in [0.1, 0.15) is 25.8 Å². The molecule has 0 saturated carbocycles. The van der Waals surface area contributed by atoms with Crippen LogP contribution in [0.4, 0.5) is 5.69 Å². The van der Waals surface area contributed by atoms with Gasteiger partial charge in [-0.25, -0.2) is 0 Å². The van der Waals surface area contributed by atoms with Gasteiger partial charge in [-0.2, -0.15) is 0 Å². The Bertz CT molecular complexity index is 373. The Morgan fingerprint density at radius 1 is 1.31 bits per heavy atom. The Kier molecular flexibility index (Phi) is 3.47. The molecule has 3 nitrogen and oxygen atoms in total. The second-order valence-corrected chi connectivity index (χ2v) is 3.85. The van der Waals surface area contributed by atoms with Crippen molar-refractivity contribution in [3.63, 3.8) is 0 Å². The third kappa shape index (κ3) is 2.36. The molecule has 0 aromatic heterocycles. The Morgan fingerprint density at radius 2 is 2.19 bits per heavy atom. The van der Waals surface area contributed by atoms with E-state index in [9.17, 15) is 0 Å². The maximum absolute atomic E-state index is 3.30. The maximum atomic E-state index is 3.30. The van der Waals surface area contributed by atoms with Gasteiger partial charge in [-0.3, -0.25) is 10.0 Å². The molecule has 3 heteroatoms. The fourth-order valence-electron chi connectivity index (χ4n) is 1.72. The molecule has 0 spiro atoms. The van der Waals surface area contributed by atoms with Crippen molar-refractivity contribution >= 4 is 5.69 Å². The van der Waals surface area contributed by atoms with Gasteiger partial charge in [0.25, 0.3) is 0 Å². The number of rotatable bonds is 4. The van der Waals surface area contributed by atoms with Crippen LogP contribution in [0.5, 0.6) is 0 Å². The molecule has 1 aromatic carbocycles. The first-order chi connectivity index (χ1) is 7.83. The molecule has 0 aliphatic carbocycles. The zero-order valence-electron chi connectivity index (χ0n) is 9.85. The molecule has 85 valence electrons. The van der Waals surface area contributed by atoms with E-state index in [1.54, 1.807) is 0 Å². The molecule has 1 aliphatic rings. The van der Waals surface area contributed by atoms with Crippen molar-refractivity contribution < 1.29 is 0 Å². The topological polar surface area (TPSA) is 18.5 Å². The highest BCUT2D eigenvalue weighted by atomic mass is 15.8. The number of hydrazine groups is 2. The van der Waals surface area contributed by atoms with Gasteiger partial charge >= 0.3 is 0 Å². The fourth-order valence-corrected chi connectivity index (χ4v) is 1.72. The largest absolute Gasteiger partial charge is 0.296 e. The summed E-state index contributed by atoms with van der Waals surface area (Å²) in [5, 5.41) is 4.12. The van der Waals surface area contributed by atoms with Crippen LogP contribution in [0.3, 0.4) is 0 Å². The minimum absolute atomic E-state index is 1.02. The average molecular weight is 216 g/mol. The number of nitrogens with one attached hydrogen (secondary N) is 1. The number of hydrogen-bond donors (Lipinski definition) is 1. The number of nitrogens with zero attached hydrogens (tertiary/aromatic N) is 2. The lowest BCUT2D eigenvalue weighted by Crippen LogP contribution is -2.39. The lowest BCUT2D eigenvalue weighted by Gasteiger charge is -2.22. The fraction of sp³-hybridized carbons (Fsp3) is 0.308. The highest BCUT2D eigenvalue weighted by Gasteiger charge is 2.12. The average Bonchev–Trinajstić information content (AvgIpc) is 2.78. The molecule has 1 aromatic rings. The van der Waals surface area contributed by atoms with E-state index in [4.69, 9.17) is 0 Å². The van der Waals surface area contributed by atoms with Gasteiger partial charge in [-0.1, -0.05) is 26.0 Å². The van der Waals surface area contributed by atoms with Crippen molar-refractivity contribution in [2.45, 2.75) is 20.3 Å². The number of benzene rings is 1. The summed E-state index contributed by atoms with van der Waals surface area (Å²) in [4.78, 5) is 0. The Balaban J connectivity index is 2.06. The summed E-state index contributed by atoms with van der Waals surface area (Å²) < 4.78 is 0. The summed E-state index contributed by atoms with van der Waals surface area (Å²) in [6.45, 7) is 5.24. The van der Waals surface area contributed by atoms with Gasteiger partial charge < -0.3 is 0 Å². The molecule has 0 atom stereocenters. The van der Waals surface area contributed by atoms with Crippen molar-refractivity contribution in [2.24, 2.45) is 0 Å². The third-order valence-electron chi connectivity index (χ3n) is 2.58. The molecule has 0 unspecified atom stereocenters. The van der Waals surface area contributed by atoms with Gasteiger partial charge in [-0.05, 0) is 30.5 Å². The first-order valence-corrected chi connectivity index (χ1v) is 5.73. The van der Waals surface area contributed by atoms with Crippen molar-refractivity contribution in [3.8, 4) is 0 Å². The molecular weight excluding hydrogens is 198 g/mol. The van der Waals surface area contributed by atoms with E-state index in [0.717, 1.165) is 18.7 Å². The molecule has 0 saturated heterocycles. The highest BCUT2D eigenvalue weighted by Crippen LogP contribution is 2.18. The smallest absolute Gasteiger partial charge is 0.0592 e. The predicted octanol–water partition coefficient (Wildman–Crippen LogP) is 2.68. The van der Waals surface area contributed by atoms with Gasteiger partial charge in [0, 0.05) is 18.9 Å². The Morgan fingerprint density at radius 3 is 2.94 bits per heavy atom. The molecule has 1 radical (unpaired) electrons. The van der Waals surface area contributed by atoms with Crippen molar-refractivity contribution in [2.75, 3.05) is 11.6 Å². The normalized spacial score (nSPS) is 14.9. The molecule has 2 rings (SSSR count). The molecular formula is C13H18N3. The first kappa shape index (κ1) is 11.0. The van der Waals surface area contributed by atoms with Crippen molar-refractivity contribution in [1.82, 2.24) is 10.5 Å². The summed E-state index contributed by atoms with van der Waals surface area (Å²) in [7, 11) is 0. The standard InChI is InChI=1S/C13H18N3/c1-3-8-15-9-10-16(14-15)13-7-5-6-12(4-2)11-13/h4-7,9-11,14H,3,8H2,1-2H3. The summed E-state index contributed by atoms with van der Waals surface area (Å²) in [6.07, 6.45) is 7.34. The lowest BCUT2D eigenvalue weighted by molar-refractivity contribution is 0.296. The van der Waals surface area contributed by atoms with E-state index in [1.807, 2.05) is 11.2 Å². The van der Waals surface area contributed by atoms with Crippen LogP contribution >= 0.6 is 0 Å². The monoisotopic (exact) mass is 216 g/mol. The molecule has 0 bridgehead atoms. The maximum Gasteiger partial charge on any atom is 0.0592 e. The summed E-state index contributed by atoms with van der Waals surface area (Å²) >= 11 is 0. The lowest BCUT2D eigenvalue weighted by atomic mass is 10.1. The van der Waals surface area contributed by atoms with Gasteiger partial charge in [0.1, 0.15) is 0 Å². The predicted molar refractivity (Wildman–Crippen MR) is 67.3 cm³/mol. The van der Waals surface area contributed by atoms with E-state index in [0.29, 0.717) is 0 Å². The second kappa shape index (κ2) is 5.03. The Hall–Kier alpha value is -1.48. The van der Waals surface area contributed by atoms with Crippen LogP contribution in [0, 0.1) is 6.42 Å². The van der Waals surface area contributed by atoms with Gasteiger partial charge in [0.2, 0.25) is 0 Å². The minimum atomic E-state index is 1.02. The summed E-state index contributed by atoms with van der Waals surface area (Å²) in [5.74, 6) is 0. The van der Waals surface area contributed by atoms with Crippen LogP contribution < -0.4 is 10.5 Å². The first-order valence-electron chi connectivity index (χ1n) is 5.73. The highest BCUT2D eigenvalue weighted by molar-refractivity contribution is 5.51. The minimum Gasteiger partial charge on any atom is -0.296 e. The zero-order valence-corrected chi connectivity index (χ0v) is 9.85. The third-order valence-corrected chi connectivity index (χ3v) is 2.58. The van der Waals surface area contributed by atoms with Gasteiger partial charge in [-0.15, -0.1) is 5.53 Å². The van der Waals surface area contributed by atoms with Crippen molar-refractivity contribution in [3.05, 3.63) is 48.6 Å². The van der Waals surface area contributed by atoms with Crippen molar-refractivity contribution in [1.29, 1.82) is 0 Å². The van der Waals surface area contributed by atoms with Crippen LogP contribution in [0.25, 0.3) is 0 Å². The van der Waals surface area contributed by atoms with E-state index in [-0.39, 0.29) is 0 Å². The van der Waals surface area contributed by atoms with Crippen LogP contribution in [-0.4, -0.2) is 11.6 Å². The molecule has 0 fully saturated rings. The van der Waals surface area contributed by atoms with Gasteiger partial charge in [0.15, 0.2) is 0 Å². The molecule has 16 heavy (non-hydrogen) atoms. The van der Waals surface area contributed by atoms with Crippen LogP contribution in [0.2, 0.25) is 0 Å². The van der Waals surface area contributed by atoms with E-state index >= 15 is 0 Å². The summed E-state index contributed by atoms with van der Waals surface area (Å²) in [5.41, 5.74) is 5.70. The molecule has 1 heterocycles. The SMILES string of the molecule is C[CH]c1cccc(N2C=CN(CCC)N2)c1. The molecule has 1 aliphatic heterocycles. The van der Waals surface area contributed by atoms with Gasteiger partial charge in [0.05, 0.1) is 5.69 Å². The number of anilines is 1. The van der Waals surface area contributed by atoms with E-state index in [1.165, 1.54) is 5.56 Å². The second-order valence-electron chi connectivity index (χ2n) is 3.85.